The molecule has 0 amide bonds. The van der Waals surface area contributed by atoms with Crippen LogP contribution in [0.4, 0.5) is 4.39 Å². The van der Waals surface area contributed by atoms with Gasteiger partial charge >= 0.3 is 5.97 Å². The van der Waals surface area contributed by atoms with Gasteiger partial charge in [0.05, 0.1) is 13.5 Å². The van der Waals surface area contributed by atoms with E-state index in [2.05, 4.69) is 0 Å². The Morgan fingerprint density at radius 3 is 2.52 bits per heavy atom. The number of methoxy groups -OCH3 is 1. The average molecular weight is 319 g/mol. The van der Waals surface area contributed by atoms with Crippen molar-refractivity contribution in [3.05, 3.63) is 59.4 Å². The summed E-state index contributed by atoms with van der Waals surface area (Å²) in [6.45, 7) is 0.261. The smallest absolute Gasteiger partial charge is 0.305 e. The molecule has 2 aromatic carbocycles. The molecule has 1 atom stereocenters. The van der Waals surface area contributed by atoms with Crippen molar-refractivity contribution in [3.63, 3.8) is 0 Å². The van der Waals surface area contributed by atoms with E-state index in [-0.39, 0.29) is 18.8 Å². The minimum absolute atomic E-state index is 0.168. The number of carboxylic acid groups (broad SMARTS) is 1. The molecule has 0 aliphatic heterocycles. The maximum atomic E-state index is 12.9. The van der Waals surface area contributed by atoms with Gasteiger partial charge in [0.15, 0.2) is 11.5 Å². The van der Waals surface area contributed by atoms with Crippen molar-refractivity contribution in [1.29, 1.82) is 0 Å². The van der Waals surface area contributed by atoms with Crippen molar-refractivity contribution in [1.82, 2.24) is 0 Å². The van der Waals surface area contributed by atoms with Gasteiger partial charge in [-0.3, -0.25) is 4.79 Å². The summed E-state index contributed by atoms with van der Waals surface area (Å²) in [5, 5.41) is 8.79. The van der Waals surface area contributed by atoms with E-state index in [4.69, 9.17) is 20.3 Å². The van der Waals surface area contributed by atoms with Crippen molar-refractivity contribution < 1.29 is 23.8 Å². The first-order valence-electron chi connectivity index (χ1n) is 7.02. The topological polar surface area (TPSA) is 81.8 Å². The number of carboxylic acids is 1. The quantitative estimate of drug-likeness (QED) is 0.820. The molecule has 0 bridgehead atoms. The highest BCUT2D eigenvalue weighted by atomic mass is 19.1. The minimum Gasteiger partial charge on any atom is -0.493 e. The van der Waals surface area contributed by atoms with Crippen molar-refractivity contribution in [3.8, 4) is 11.5 Å². The fraction of sp³-hybridized carbons (Fsp3) is 0.235. The summed E-state index contributed by atoms with van der Waals surface area (Å²) in [6.07, 6.45) is -0.168. The van der Waals surface area contributed by atoms with E-state index in [9.17, 15) is 9.18 Å². The number of aliphatic carboxylic acids is 1. The largest absolute Gasteiger partial charge is 0.493 e. The molecule has 0 aromatic heterocycles. The molecule has 2 rings (SSSR count). The number of benzene rings is 2. The van der Waals surface area contributed by atoms with Crippen LogP contribution < -0.4 is 15.2 Å². The Labute approximate surface area is 133 Å². The summed E-state index contributed by atoms with van der Waals surface area (Å²) < 4.78 is 23.8. The highest BCUT2D eigenvalue weighted by molar-refractivity contribution is 5.68. The number of ether oxygens (including phenoxy) is 2. The Morgan fingerprint density at radius 2 is 1.91 bits per heavy atom. The molecule has 0 unspecified atom stereocenters. The first-order chi connectivity index (χ1) is 11.0. The number of rotatable bonds is 7. The monoisotopic (exact) mass is 319 g/mol. The van der Waals surface area contributed by atoms with Gasteiger partial charge < -0.3 is 20.3 Å². The molecular formula is C17H18FNO4. The normalized spacial score (nSPS) is 11.8. The Bertz CT molecular complexity index is 673. The first-order valence-corrected chi connectivity index (χ1v) is 7.02. The fourth-order valence-corrected chi connectivity index (χ4v) is 2.08. The lowest BCUT2D eigenvalue weighted by Crippen LogP contribution is -2.15. The Kier molecular flexibility index (Phi) is 5.54. The molecular weight excluding hydrogens is 301 g/mol. The molecule has 0 aliphatic rings. The number of halogens is 1. The molecule has 0 radical (unpaired) electrons. The number of carbonyl (C=O) groups is 1. The Hall–Kier alpha value is -2.60. The standard InChI is InChI=1S/C17H18FNO4/c1-22-16-8-12(14(19)9-17(20)21)4-7-15(16)23-10-11-2-5-13(18)6-3-11/h2-8,14H,9-10,19H2,1H3,(H,20,21)/t14-/m1/s1. The van der Waals surface area contributed by atoms with Crippen molar-refractivity contribution in [2.24, 2.45) is 5.73 Å². The van der Waals surface area contributed by atoms with Crippen LogP contribution in [0.1, 0.15) is 23.6 Å². The third-order valence-electron chi connectivity index (χ3n) is 3.32. The average Bonchev–Trinajstić information content (AvgIpc) is 2.53. The molecule has 6 heteroatoms. The summed E-state index contributed by atoms with van der Waals surface area (Å²) in [5.41, 5.74) is 7.31. The van der Waals surface area contributed by atoms with Gasteiger partial charge in [-0.05, 0) is 35.4 Å². The molecule has 23 heavy (non-hydrogen) atoms. The van der Waals surface area contributed by atoms with Crippen LogP contribution >= 0.6 is 0 Å². The summed E-state index contributed by atoms with van der Waals surface area (Å²) >= 11 is 0. The van der Waals surface area contributed by atoms with E-state index in [0.717, 1.165) is 5.56 Å². The summed E-state index contributed by atoms with van der Waals surface area (Å²) in [5.74, 6) is -0.301. The second-order valence-corrected chi connectivity index (χ2v) is 5.03. The molecule has 122 valence electrons. The SMILES string of the molecule is COc1cc([C@H](N)CC(=O)O)ccc1OCc1ccc(F)cc1. The van der Waals surface area contributed by atoms with Gasteiger partial charge in [-0.1, -0.05) is 18.2 Å². The van der Waals surface area contributed by atoms with Crippen LogP contribution in [0.5, 0.6) is 11.5 Å². The molecule has 2 aromatic rings. The van der Waals surface area contributed by atoms with Crippen LogP contribution in [0.25, 0.3) is 0 Å². The molecule has 3 N–H and O–H groups in total. The molecule has 0 saturated heterocycles. The van der Waals surface area contributed by atoms with Gasteiger partial charge in [-0.2, -0.15) is 0 Å². The van der Waals surface area contributed by atoms with Crippen LogP contribution in [-0.4, -0.2) is 18.2 Å². The predicted octanol–water partition coefficient (Wildman–Crippen LogP) is 2.89. The number of hydrogen-bond acceptors (Lipinski definition) is 4. The maximum Gasteiger partial charge on any atom is 0.305 e. The van der Waals surface area contributed by atoms with Gasteiger partial charge in [0.1, 0.15) is 12.4 Å². The summed E-state index contributed by atoms with van der Waals surface area (Å²) in [6, 6.07) is 10.4. The molecule has 0 aliphatic carbocycles. The molecule has 5 nitrogen and oxygen atoms in total. The van der Waals surface area contributed by atoms with Gasteiger partial charge in [0.2, 0.25) is 0 Å². The lowest BCUT2D eigenvalue weighted by Gasteiger charge is -2.15. The molecule has 0 heterocycles. The predicted molar refractivity (Wildman–Crippen MR) is 82.9 cm³/mol. The van der Waals surface area contributed by atoms with Crippen molar-refractivity contribution >= 4 is 5.97 Å². The lowest BCUT2D eigenvalue weighted by molar-refractivity contribution is -0.137. The van der Waals surface area contributed by atoms with E-state index in [1.165, 1.54) is 19.2 Å². The molecule has 0 spiro atoms. The zero-order valence-corrected chi connectivity index (χ0v) is 12.7. The maximum absolute atomic E-state index is 12.9. The Morgan fingerprint density at radius 1 is 1.22 bits per heavy atom. The highest BCUT2D eigenvalue weighted by Gasteiger charge is 2.14. The minimum atomic E-state index is -0.965. The second kappa shape index (κ2) is 7.60. The van der Waals surface area contributed by atoms with E-state index in [1.54, 1.807) is 30.3 Å². The zero-order valence-electron chi connectivity index (χ0n) is 12.7. The third kappa shape index (κ3) is 4.69. The third-order valence-corrected chi connectivity index (χ3v) is 3.32. The summed E-state index contributed by atoms with van der Waals surface area (Å²) in [4.78, 5) is 10.7. The summed E-state index contributed by atoms with van der Waals surface area (Å²) in [7, 11) is 1.49. The van der Waals surface area contributed by atoms with Gasteiger partial charge in [0, 0.05) is 6.04 Å². The van der Waals surface area contributed by atoms with Crippen molar-refractivity contribution in [2.45, 2.75) is 19.1 Å². The van der Waals surface area contributed by atoms with Gasteiger partial charge in [-0.15, -0.1) is 0 Å². The molecule has 0 fully saturated rings. The van der Waals surface area contributed by atoms with E-state index < -0.39 is 12.0 Å². The van der Waals surface area contributed by atoms with E-state index in [1.807, 2.05) is 0 Å². The lowest BCUT2D eigenvalue weighted by atomic mass is 10.0. The van der Waals surface area contributed by atoms with Gasteiger partial charge in [-0.25, -0.2) is 4.39 Å². The van der Waals surface area contributed by atoms with Crippen LogP contribution in [0.3, 0.4) is 0 Å². The van der Waals surface area contributed by atoms with E-state index >= 15 is 0 Å². The number of nitrogens with two attached hydrogens (primary N) is 1. The van der Waals surface area contributed by atoms with Gasteiger partial charge in [0.25, 0.3) is 0 Å². The zero-order chi connectivity index (χ0) is 16.8. The first kappa shape index (κ1) is 16.8. The fourth-order valence-electron chi connectivity index (χ4n) is 2.08. The van der Waals surface area contributed by atoms with Crippen molar-refractivity contribution in [2.75, 3.05) is 7.11 Å². The van der Waals surface area contributed by atoms with E-state index in [0.29, 0.717) is 17.1 Å². The van der Waals surface area contributed by atoms with Crippen LogP contribution in [0.15, 0.2) is 42.5 Å². The second-order valence-electron chi connectivity index (χ2n) is 5.03. The van der Waals surface area contributed by atoms with Crippen LogP contribution in [-0.2, 0) is 11.4 Å². The molecule has 0 saturated carbocycles. The van der Waals surface area contributed by atoms with Crippen LogP contribution in [0, 0.1) is 5.82 Å². The van der Waals surface area contributed by atoms with Crippen LogP contribution in [0.2, 0.25) is 0 Å². The highest BCUT2D eigenvalue weighted by Crippen LogP contribution is 2.31. The Balaban J connectivity index is 2.09. The number of hydrogen-bond donors (Lipinski definition) is 2.